The van der Waals surface area contributed by atoms with Gasteiger partial charge in [-0.2, -0.15) is 0 Å². The van der Waals surface area contributed by atoms with Gasteiger partial charge in [0, 0.05) is 0 Å². The average molecular weight is 162 g/mol. The fourth-order valence-corrected chi connectivity index (χ4v) is 0.976. The van der Waals surface area contributed by atoms with Crippen molar-refractivity contribution in [2.75, 3.05) is 0 Å². The molecule has 1 aliphatic rings. The summed E-state index contributed by atoms with van der Waals surface area (Å²) in [6, 6.07) is 0. The van der Waals surface area contributed by atoms with E-state index in [0.717, 1.165) is 0 Å². The van der Waals surface area contributed by atoms with Gasteiger partial charge in [0.15, 0.2) is 12.2 Å². The molecule has 5 nitrogen and oxygen atoms in total. The molecule has 0 aromatic rings. The Hall–Kier alpha value is -0.650. The minimum Gasteiger partial charge on any atom is -0.455 e. The van der Waals surface area contributed by atoms with Crippen LogP contribution in [0.3, 0.4) is 0 Å². The van der Waals surface area contributed by atoms with Crippen LogP contribution in [0.1, 0.15) is 6.92 Å². The minimum atomic E-state index is -1.52. The van der Waals surface area contributed by atoms with Crippen LogP contribution in [0.4, 0.5) is 0 Å². The topological polar surface area (TPSA) is 87.0 Å². The fourth-order valence-electron chi connectivity index (χ4n) is 0.976. The zero-order valence-corrected chi connectivity index (χ0v) is 5.97. The lowest BCUT2D eigenvalue weighted by Gasteiger charge is -2.15. The van der Waals surface area contributed by atoms with Gasteiger partial charge in [-0.25, -0.2) is 4.79 Å². The van der Waals surface area contributed by atoms with Gasteiger partial charge in [-0.15, -0.1) is 0 Å². The molecule has 1 rings (SSSR count). The second-order valence-electron chi connectivity index (χ2n) is 2.58. The maximum Gasteiger partial charge on any atom is 0.338 e. The second kappa shape index (κ2) is 2.77. The van der Waals surface area contributed by atoms with Gasteiger partial charge in [-0.1, -0.05) is 0 Å². The van der Waals surface area contributed by atoms with Crippen LogP contribution in [0.15, 0.2) is 0 Å². The third-order valence-corrected chi connectivity index (χ3v) is 1.63. The normalized spacial score (nSPS) is 40.4. The molecule has 0 spiro atoms. The van der Waals surface area contributed by atoms with Gasteiger partial charge in [0.05, 0.1) is 6.10 Å². The minimum absolute atomic E-state index is 0.886. The Bertz CT molecular complexity index is 166. The Kier molecular flexibility index (Phi) is 2.12. The fraction of sp³-hybridized carbons (Fsp3) is 0.833. The SMILES string of the molecule is CC(O)[C@@H]1OC(=O)[C@H](O)[C@@H]1O. The van der Waals surface area contributed by atoms with Crippen LogP contribution in [0.25, 0.3) is 0 Å². The van der Waals surface area contributed by atoms with Crippen molar-refractivity contribution >= 4 is 5.97 Å². The second-order valence-corrected chi connectivity index (χ2v) is 2.58. The molecule has 1 fully saturated rings. The molecule has 0 aromatic heterocycles. The molecule has 0 saturated carbocycles. The van der Waals surface area contributed by atoms with E-state index in [1.807, 2.05) is 0 Å². The van der Waals surface area contributed by atoms with Gasteiger partial charge >= 0.3 is 5.97 Å². The van der Waals surface area contributed by atoms with Crippen molar-refractivity contribution < 1.29 is 24.9 Å². The molecule has 1 saturated heterocycles. The summed E-state index contributed by atoms with van der Waals surface area (Å²) in [5, 5.41) is 26.8. The monoisotopic (exact) mass is 162 g/mol. The molecule has 0 aromatic carbocycles. The van der Waals surface area contributed by atoms with Crippen molar-refractivity contribution in [3.8, 4) is 0 Å². The molecular weight excluding hydrogens is 152 g/mol. The molecule has 5 heteroatoms. The Morgan fingerprint density at radius 1 is 1.55 bits per heavy atom. The van der Waals surface area contributed by atoms with Gasteiger partial charge in [-0.05, 0) is 6.92 Å². The lowest BCUT2D eigenvalue weighted by atomic mass is 10.1. The van der Waals surface area contributed by atoms with Crippen molar-refractivity contribution in [1.82, 2.24) is 0 Å². The van der Waals surface area contributed by atoms with Crippen molar-refractivity contribution in [3.63, 3.8) is 0 Å². The first-order valence-electron chi connectivity index (χ1n) is 3.28. The maximum atomic E-state index is 10.6. The predicted octanol–water partition coefficient (Wildman–Crippen LogP) is -1.99. The third kappa shape index (κ3) is 1.35. The molecule has 0 amide bonds. The van der Waals surface area contributed by atoms with Gasteiger partial charge in [0.25, 0.3) is 0 Å². The maximum absolute atomic E-state index is 10.6. The quantitative estimate of drug-likeness (QED) is 0.389. The highest BCUT2D eigenvalue weighted by Gasteiger charge is 2.44. The number of cyclic esters (lactones) is 1. The van der Waals surface area contributed by atoms with Crippen LogP contribution in [-0.4, -0.2) is 45.7 Å². The van der Waals surface area contributed by atoms with Crippen LogP contribution in [0, 0.1) is 0 Å². The highest BCUT2D eigenvalue weighted by atomic mass is 16.6. The van der Waals surface area contributed by atoms with Crippen molar-refractivity contribution in [3.05, 3.63) is 0 Å². The molecule has 0 radical (unpaired) electrons. The average Bonchev–Trinajstić information content (AvgIpc) is 2.17. The van der Waals surface area contributed by atoms with E-state index in [1.165, 1.54) is 6.92 Å². The van der Waals surface area contributed by atoms with Gasteiger partial charge in [-0.3, -0.25) is 0 Å². The Morgan fingerprint density at radius 2 is 2.09 bits per heavy atom. The summed E-state index contributed by atoms with van der Waals surface area (Å²) < 4.78 is 4.46. The van der Waals surface area contributed by atoms with Gasteiger partial charge in [0.1, 0.15) is 6.10 Å². The lowest BCUT2D eigenvalue weighted by Crippen LogP contribution is -2.37. The molecular formula is C6H10O5. The first kappa shape index (κ1) is 8.45. The molecule has 0 aliphatic carbocycles. The number of ether oxygens (including phenoxy) is 1. The van der Waals surface area contributed by atoms with Crippen LogP contribution >= 0.6 is 0 Å². The molecule has 64 valence electrons. The summed E-state index contributed by atoms with van der Waals surface area (Å²) in [7, 11) is 0. The van der Waals surface area contributed by atoms with Gasteiger partial charge < -0.3 is 20.1 Å². The predicted molar refractivity (Wildman–Crippen MR) is 33.6 cm³/mol. The lowest BCUT2D eigenvalue weighted by molar-refractivity contribution is -0.150. The van der Waals surface area contributed by atoms with Gasteiger partial charge in [0.2, 0.25) is 0 Å². The summed E-state index contributed by atoms with van der Waals surface area (Å²) >= 11 is 0. The number of hydrogen-bond acceptors (Lipinski definition) is 5. The van der Waals surface area contributed by atoms with E-state index in [2.05, 4.69) is 4.74 Å². The summed E-state index contributed by atoms with van der Waals surface area (Å²) in [6.45, 7) is 1.37. The Morgan fingerprint density at radius 3 is 2.27 bits per heavy atom. The molecule has 1 aliphatic heterocycles. The summed E-state index contributed by atoms with van der Waals surface area (Å²) in [6.07, 6.45) is -4.80. The van der Waals surface area contributed by atoms with Crippen molar-refractivity contribution in [2.45, 2.75) is 31.3 Å². The first-order chi connectivity index (χ1) is 5.04. The first-order valence-corrected chi connectivity index (χ1v) is 3.28. The number of rotatable bonds is 1. The van der Waals surface area contributed by atoms with E-state index in [1.54, 1.807) is 0 Å². The number of esters is 1. The van der Waals surface area contributed by atoms with E-state index in [9.17, 15) is 4.79 Å². The molecule has 4 atom stereocenters. The molecule has 0 bridgehead atoms. The number of aliphatic hydroxyl groups is 3. The zero-order valence-electron chi connectivity index (χ0n) is 5.97. The van der Waals surface area contributed by atoms with E-state index in [4.69, 9.17) is 15.3 Å². The molecule has 1 heterocycles. The standard InChI is InChI=1S/C6H10O5/c1-2(7)5-3(8)4(9)6(10)11-5/h2-5,7-9H,1H3/t2?,3-,4+,5-/m0/s1. The summed E-state index contributed by atoms with van der Waals surface area (Å²) in [4.78, 5) is 10.6. The Balaban J connectivity index is 2.67. The zero-order chi connectivity index (χ0) is 8.59. The molecule has 1 unspecified atom stereocenters. The third-order valence-electron chi connectivity index (χ3n) is 1.63. The molecule has 3 N–H and O–H groups in total. The largest absolute Gasteiger partial charge is 0.455 e. The summed E-state index contributed by atoms with van der Waals surface area (Å²) in [5.41, 5.74) is 0. The van der Waals surface area contributed by atoms with E-state index < -0.39 is 30.4 Å². The highest BCUT2D eigenvalue weighted by molar-refractivity contribution is 5.77. The summed E-state index contributed by atoms with van der Waals surface area (Å²) in [5.74, 6) is -0.886. The van der Waals surface area contributed by atoms with Crippen molar-refractivity contribution in [1.29, 1.82) is 0 Å². The van der Waals surface area contributed by atoms with Crippen LogP contribution < -0.4 is 0 Å². The van der Waals surface area contributed by atoms with E-state index >= 15 is 0 Å². The highest BCUT2D eigenvalue weighted by Crippen LogP contribution is 2.18. The number of carbonyl (C=O) groups excluding carboxylic acids is 1. The number of hydrogen-bond donors (Lipinski definition) is 3. The van der Waals surface area contributed by atoms with Crippen molar-refractivity contribution in [2.24, 2.45) is 0 Å². The van der Waals surface area contributed by atoms with E-state index in [0.29, 0.717) is 0 Å². The Labute approximate surface area is 63.2 Å². The molecule has 11 heavy (non-hydrogen) atoms. The van der Waals surface area contributed by atoms with Crippen LogP contribution in [0.2, 0.25) is 0 Å². The number of carbonyl (C=O) groups is 1. The number of aliphatic hydroxyl groups excluding tert-OH is 3. The smallest absolute Gasteiger partial charge is 0.338 e. The van der Waals surface area contributed by atoms with Crippen LogP contribution in [-0.2, 0) is 9.53 Å². The van der Waals surface area contributed by atoms with E-state index in [-0.39, 0.29) is 0 Å². The van der Waals surface area contributed by atoms with Crippen LogP contribution in [0.5, 0.6) is 0 Å².